The van der Waals surface area contributed by atoms with Gasteiger partial charge in [-0.1, -0.05) is 0 Å². The summed E-state index contributed by atoms with van der Waals surface area (Å²) in [5, 5.41) is 0.652. The number of hydrogen-bond acceptors (Lipinski definition) is 7. The van der Waals surface area contributed by atoms with Crippen LogP contribution in [0.1, 0.15) is 59.3 Å². The fourth-order valence-electron chi connectivity index (χ4n) is 6.76. The number of aromatic nitrogens is 2. The molecule has 10 heteroatoms. The number of benzene rings is 1. The highest BCUT2D eigenvalue weighted by molar-refractivity contribution is 9.10. The van der Waals surface area contributed by atoms with Gasteiger partial charge in [-0.15, -0.1) is 0 Å². The van der Waals surface area contributed by atoms with Crippen molar-refractivity contribution in [3.05, 3.63) is 22.4 Å². The molecule has 4 saturated heterocycles. The van der Waals surface area contributed by atoms with E-state index in [0.717, 1.165) is 38.8 Å². The van der Waals surface area contributed by atoms with Crippen molar-refractivity contribution in [2.75, 3.05) is 37.7 Å². The van der Waals surface area contributed by atoms with Gasteiger partial charge in [-0.2, -0.15) is 9.97 Å². The summed E-state index contributed by atoms with van der Waals surface area (Å²) >= 11 is 3.31. The number of nitrogens with zero attached hydrogens (tertiary/aromatic N) is 5. The van der Waals surface area contributed by atoms with Gasteiger partial charge in [0.25, 0.3) is 0 Å². The number of piperazine rings is 1. The van der Waals surface area contributed by atoms with Gasteiger partial charge >= 0.3 is 12.1 Å². The normalized spacial score (nSPS) is 25.1. The first-order chi connectivity index (χ1) is 17.6. The van der Waals surface area contributed by atoms with Crippen LogP contribution in [0.3, 0.4) is 0 Å². The van der Waals surface area contributed by atoms with Crippen LogP contribution in [-0.4, -0.2) is 81.9 Å². The van der Waals surface area contributed by atoms with Crippen LogP contribution in [0, 0.1) is 5.82 Å². The fourth-order valence-corrected chi connectivity index (χ4v) is 7.08. The second kappa shape index (κ2) is 9.22. The molecule has 2 aromatic rings. The first-order valence-electron chi connectivity index (χ1n) is 13.4. The number of carbonyl (C=O) groups is 1. The molecule has 200 valence electrons. The molecule has 2 atom stereocenters. The zero-order chi connectivity index (χ0) is 25.9. The average molecular weight is 577 g/mol. The topological polar surface area (TPSA) is 71.0 Å². The van der Waals surface area contributed by atoms with E-state index in [1.54, 1.807) is 6.07 Å². The number of fused-ring (bicyclic) bond motifs is 4. The van der Waals surface area contributed by atoms with Crippen LogP contribution in [-0.2, 0) is 4.74 Å². The lowest BCUT2D eigenvalue weighted by Crippen LogP contribution is -2.57. The number of ether oxygens (including phenoxy) is 2. The first-order valence-corrected chi connectivity index (χ1v) is 14.2. The molecule has 2 unspecified atom stereocenters. The highest BCUT2D eigenvalue weighted by atomic mass is 79.9. The second-order valence-electron chi connectivity index (χ2n) is 12.0. The molecule has 0 aliphatic carbocycles. The van der Waals surface area contributed by atoms with Crippen molar-refractivity contribution in [3.63, 3.8) is 0 Å². The van der Waals surface area contributed by atoms with Crippen LogP contribution >= 0.6 is 15.9 Å². The SMILES string of the molecule is CC(C)(C)OC(=O)N1C2CCC1CN(c1nc(OCC34CCCN3CCC4)nc3c(F)c(Br)ccc13)C2. The van der Waals surface area contributed by atoms with Crippen LogP contribution < -0.4 is 9.64 Å². The van der Waals surface area contributed by atoms with E-state index in [4.69, 9.17) is 14.5 Å². The van der Waals surface area contributed by atoms with Crippen molar-refractivity contribution in [2.24, 2.45) is 0 Å². The van der Waals surface area contributed by atoms with Crippen molar-refractivity contribution in [1.29, 1.82) is 0 Å². The minimum atomic E-state index is -0.540. The Kier molecular flexibility index (Phi) is 6.25. The summed E-state index contributed by atoms with van der Waals surface area (Å²) in [6, 6.07) is 3.82. The molecule has 4 fully saturated rings. The highest BCUT2D eigenvalue weighted by Gasteiger charge is 2.46. The van der Waals surface area contributed by atoms with Gasteiger partial charge < -0.3 is 14.4 Å². The third-order valence-corrected chi connectivity index (χ3v) is 9.00. The summed E-state index contributed by atoms with van der Waals surface area (Å²) < 4.78 is 27.6. The van der Waals surface area contributed by atoms with E-state index in [1.165, 1.54) is 12.8 Å². The molecule has 0 radical (unpaired) electrons. The standard InChI is InChI=1S/C27H35BrFN5O3/c1-26(2,3)37-25(35)34-17-6-7-18(34)15-32(14-17)23-19-8-9-20(28)21(29)22(19)30-24(31-23)36-16-27-10-4-12-33(27)13-5-11-27/h8-9,17-18H,4-7,10-16H2,1-3H3. The predicted molar refractivity (Wildman–Crippen MR) is 143 cm³/mol. The Morgan fingerprint density at radius 1 is 1.14 bits per heavy atom. The van der Waals surface area contributed by atoms with E-state index in [2.05, 4.69) is 30.7 Å². The van der Waals surface area contributed by atoms with E-state index >= 15 is 4.39 Å². The molecule has 4 aliphatic rings. The monoisotopic (exact) mass is 575 g/mol. The van der Waals surface area contributed by atoms with Crippen LogP contribution in [0.25, 0.3) is 10.9 Å². The van der Waals surface area contributed by atoms with Crippen molar-refractivity contribution >= 4 is 38.7 Å². The molecule has 0 saturated carbocycles. The van der Waals surface area contributed by atoms with Gasteiger partial charge in [0.1, 0.15) is 23.5 Å². The van der Waals surface area contributed by atoms with Crippen molar-refractivity contribution in [1.82, 2.24) is 19.8 Å². The summed E-state index contributed by atoms with van der Waals surface area (Å²) in [6.45, 7) is 9.62. The molecule has 0 N–H and O–H groups in total. The Labute approximate surface area is 225 Å². The third kappa shape index (κ3) is 4.54. The van der Waals surface area contributed by atoms with E-state index in [0.29, 0.717) is 35.4 Å². The van der Waals surface area contributed by atoms with Crippen molar-refractivity contribution < 1.29 is 18.7 Å². The summed E-state index contributed by atoms with van der Waals surface area (Å²) in [5.74, 6) is 0.252. The molecule has 0 spiro atoms. The fraction of sp³-hybridized carbons (Fsp3) is 0.667. The minimum Gasteiger partial charge on any atom is -0.461 e. The molecule has 4 aliphatic heterocycles. The van der Waals surface area contributed by atoms with Crippen LogP contribution in [0.5, 0.6) is 6.01 Å². The maximum Gasteiger partial charge on any atom is 0.410 e. The third-order valence-electron chi connectivity index (χ3n) is 8.39. The number of rotatable bonds is 4. The Morgan fingerprint density at radius 3 is 2.46 bits per heavy atom. The molecular formula is C27H35BrFN5O3. The summed E-state index contributed by atoms with van der Waals surface area (Å²) in [4.78, 5) is 28.9. The molecule has 5 heterocycles. The molecular weight excluding hydrogens is 541 g/mol. The Morgan fingerprint density at radius 2 is 1.81 bits per heavy atom. The molecule has 8 nitrogen and oxygen atoms in total. The Bertz CT molecular complexity index is 1200. The minimum absolute atomic E-state index is 0.0210. The zero-order valence-corrected chi connectivity index (χ0v) is 23.4. The van der Waals surface area contributed by atoms with Crippen LogP contribution in [0.2, 0.25) is 0 Å². The van der Waals surface area contributed by atoms with Crippen molar-refractivity contribution in [3.8, 4) is 6.01 Å². The van der Waals surface area contributed by atoms with E-state index < -0.39 is 11.4 Å². The maximum atomic E-state index is 15.3. The lowest BCUT2D eigenvalue weighted by molar-refractivity contribution is 0.0122. The molecule has 2 bridgehead atoms. The molecule has 37 heavy (non-hydrogen) atoms. The number of carbonyl (C=O) groups excluding carboxylic acids is 1. The maximum absolute atomic E-state index is 15.3. The van der Waals surface area contributed by atoms with Gasteiger partial charge in [-0.25, -0.2) is 9.18 Å². The molecule has 1 amide bonds. The van der Waals surface area contributed by atoms with Gasteiger partial charge in [-0.05, 0) is 100 Å². The number of amides is 1. The van der Waals surface area contributed by atoms with Crippen LogP contribution in [0.15, 0.2) is 16.6 Å². The molecule has 1 aromatic heterocycles. The number of halogens is 2. The van der Waals surface area contributed by atoms with E-state index in [1.807, 2.05) is 31.7 Å². The van der Waals surface area contributed by atoms with E-state index in [9.17, 15) is 4.79 Å². The number of hydrogen-bond donors (Lipinski definition) is 0. The molecule has 1 aromatic carbocycles. The van der Waals surface area contributed by atoms with Gasteiger partial charge in [-0.3, -0.25) is 9.80 Å². The predicted octanol–water partition coefficient (Wildman–Crippen LogP) is 5.13. The lowest BCUT2D eigenvalue weighted by Gasteiger charge is -2.42. The quantitative estimate of drug-likeness (QED) is 0.500. The second-order valence-corrected chi connectivity index (χ2v) is 12.8. The van der Waals surface area contributed by atoms with Gasteiger partial charge in [0.05, 0.1) is 22.1 Å². The van der Waals surface area contributed by atoms with Gasteiger partial charge in [0.2, 0.25) is 0 Å². The van der Waals surface area contributed by atoms with Gasteiger partial charge in [0.15, 0.2) is 5.82 Å². The number of anilines is 1. The molecule has 6 rings (SSSR count). The smallest absolute Gasteiger partial charge is 0.410 e. The zero-order valence-electron chi connectivity index (χ0n) is 21.8. The summed E-state index contributed by atoms with van der Waals surface area (Å²) in [7, 11) is 0. The Balaban J connectivity index is 1.30. The Hall–Kier alpha value is -2.20. The average Bonchev–Trinajstić information content (AvgIpc) is 3.49. The van der Waals surface area contributed by atoms with E-state index in [-0.39, 0.29) is 35.2 Å². The summed E-state index contributed by atoms with van der Waals surface area (Å²) in [5.41, 5.74) is -0.239. The van der Waals surface area contributed by atoms with Crippen LogP contribution in [0.4, 0.5) is 15.0 Å². The summed E-state index contributed by atoms with van der Waals surface area (Å²) in [6.07, 6.45) is 6.14. The first kappa shape index (κ1) is 25.1. The van der Waals surface area contributed by atoms with Gasteiger partial charge in [0, 0.05) is 18.5 Å². The lowest BCUT2D eigenvalue weighted by atomic mass is 9.95. The highest BCUT2D eigenvalue weighted by Crippen LogP contribution is 2.40. The van der Waals surface area contributed by atoms with Crippen molar-refractivity contribution in [2.45, 2.75) is 82.5 Å². The largest absolute Gasteiger partial charge is 0.461 e.